The van der Waals surface area contributed by atoms with E-state index in [1.54, 1.807) is 11.8 Å². The van der Waals surface area contributed by atoms with Gasteiger partial charge in [0, 0.05) is 4.91 Å². The maximum Gasteiger partial charge on any atom is 0.129 e. The minimum atomic E-state index is 0.583. The van der Waals surface area contributed by atoms with Crippen LogP contribution in [-0.4, -0.2) is 11.2 Å². The summed E-state index contributed by atoms with van der Waals surface area (Å²) in [7, 11) is 0. The van der Waals surface area contributed by atoms with Gasteiger partial charge in [0.25, 0.3) is 0 Å². The van der Waals surface area contributed by atoms with E-state index in [1.807, 2.05) is 6.07 Å². The van der Waals surface area contributed by atoms with Crippen molar-refractivity contribution in [2.45, 2.75) is 13.3 Å². The second-order valence-electron chi connectivity index (χ2n) is 3.13. The predicted octanol–water partition coefficient (Wildman–Crippen LogP) is 3.39. The minimum Gasteiger partial charge on any atom is -0.235 e. The summed E-state index contributed by atoms with van der Waals surface area (Å²) in [6.07, 6.45) is 3.10. The molecule has 1 nitrogen and oxygen atoms in total. The molecule has 0 saturated heterocycles. The molecule has 68 valence electrons. The number of fused-ring (bicyclic) bond motifs is 1. The Bertz CT molecular complexity index is 385. The van der Waals surface area contributed by atoms with Crippen molar-refractivity contribution in [1.82, 2.24) is 4.98 Å². The van der Waals surface area contributed by atoms with Crippen LogP contribution in [0.2, 0.25) is 5.15 Å². The van der Waals surface area contributed by atoms with E-state index in [4.69, 9.17) is 11.6 Å². The lowest BCUT2D eigenvalue weighted by Gasteiger charge is -2.01. The second kappa shape index (κ2) is 3.35. The number of allylic oxidation sites excluding steroid dienone is 1. The van der Waals surface area contributed by atoms with E-state index in [-0.39, 0.29) is 0 Å². The van der Waals surface area contributed by atoms with Crippen molar-refractivity contribution in [3.63, 3.8) is 0 Å². The van der Waals surface area contributed by atoms with E-state index in [2.05, 4.69) is 24.2 Å². The van der Waals surface area contributed by atoms with Gasteiger partial charge >= 0.3 is 0 Å². The van der Waals surface area contributed by atoms with Crippen molar-refractivity contribution in [1.29, 1.82) is 0 Å². The second-order valence-corrected chi connectivity index (χ2v) is 4.34. The lowest BCUT2D eigenvalue weighted by atomic mass is 10.2. The van der Waals surface area contributed by atoms with Crippen molar-refractivity contribution < 1.29 is 0 Å². The topological polar surface area (TPSA) is 12.9 Å². The highest BCUT2D eigenvalue weighted by Crippen LogP contribution is 2.37. The van der Waals surface area contributed by atoms with Crippen molar-refractivity contribution >= 4 is 28.3 Å². The Balaban J connectivity index is 2.55. The van der Waals surface area contributed by atoms with Crippen LogP contribution >= 0.6 is 23.4 Å². The van der Waals surface area contributed by atoms with Crippen LogP contribution in [0, 0.1) is 0 Å². The highest BCUT2D eigenvalue weighted by Gasteiger charge is 2.19. The largest absolute Gasteiger partial charge is 0.235 e. The van der Waals surface area contributed by atoms with E-state index in [0.29, 0.717) is 5.15 Å². The Kier molecular flexibility index (Phi) is 2.35. The molecule has 0 atom stereocenters. The Labute approximate surface area is 87.2 Å². The Morgan fingerprint density at radius 2 is 2.23 bits per heavy atom. The first-order valence-electron chi connectivity index (χ1n) is 4.12. The minimum absolute atomic E-state index is 0.583. The van der Waals surface area contributed by atoms with E-state index >= 15 is 0 Å². The molecule has 1 aliphatic rings. The summed E-state index contributed by atoms with van der Waals surface area (Å²) in [4.78, 5) is 5.63. The number of rotatable bonds is 1. The van der Waals surface area contributed by atoms with Crippen molar-refractivity contribution in [2.24, 2.45) is 0 Å². The van der Waals surface area contributed by atoms with Gasteiger partial charge in [0.15, 0.2) is 0 Å². The Hall–Kier alpha value is -0.470. The third-order valence-electron chi connectivity index (χ3n) is 2.21. The predicted molar refractivity (Wildman–Crippen MR) is 59.1 cm³/mol. The first-order valence-corrected chi connectivity index (χ1v) is 5.72. The highest BCUT2D eigenvalue weighted by atomic mass is 35.5. The van der Waals surface area contributed by atoms with Crippen LogP contribution in [0.4, 0.5) is 0 Å². The summed E-state index contributed by atoms with van der Waals surface area (Å²) in [5.41, 5.74) is 3.78. The summed E-state index contributed by atoms with van der Waals surface area (Å²) in [5, 5.41) is 0.583. The summed E-state index contributed by atoms with van der Waals surface area (Å²) < 4.78 is 0. The molecule has 1 aromatic rings. The molecule has 0 aromatic carbocycles. The molecule has 0 saturated carbocycles. The number of hydrogen-bond donors (Lipinski definition) is 0. The van der Waals surface area contributed by atoms with Gasteiger partial charge in [0.1, 0.15) is 5.15 Å². The molecule has 0 spiro atoms. The number of halogens is 1. The fraction of sp³-hybridized carbons (Fsp3) is 0.300. The Morgan fingerprint density at radius 1 is 1.46 bits per heavy atom. The van der Waals surface area contributed by atoms with E-state index < -0.39 is 0 Å². The summed E-state index contributed by atoms with van der Waals surface area (Å²) in [6.45, 7) is 2.15. The van der Waals surface area contributed by atoms with Crippen molar-refractivity contribution in [3.8, 4) is 0 Å². The zero-order valence-corrected chi connectivity index (χ0v) is 9.17. The zero-order chi connectivity index (χ0) is 9.42. The maximum absolute atomic E-state index is 5.85. The van der Waals surface area contributed by atoms with Gasteiger partial charge in [-0.05, 0) is 31.2 Å². The highest BCUT2D eigenvalue weighted by molar-refractivity contribution is 8.07. The number of pyridine rings is 1. The monoisotopic (exact) mass is 211 g/mol. The standard InChI is InChI=1S/C10H10ClNS/c1-6-5-7-3-4-8(11)12-9(7)10(6)13-2/h3-4H,5H2,1-2H3. The third kappa shape index (κ3) is 1.49. The molecule has 0 unspecified atom stereocenters. The van der Waals surface area contributed by atoms with Crippen LogP contribution in [0.3, 0.4) is 0 Å². The molecule has 1 aliphatic carbocycles. The first-order chi connectivity index (χ1) is 6.22. The normalized spacial score (nSPS) is 15.0. The number of nitrogens with zero attached hydrogens (tertiary/aromatic N) is 1. The third-order valence-corrected chi connectivity index (χ3v) is 3.37. The van der Waals surface area contributed by atoms with Crippen LogP contribution < -0.4 is 0 Å². The lowest BCUT2D eigenvalue weighted by Crippen LogP contribution is -1.87. The van der Waals surface area contributed by atoms with E-state index in [1.165, 1.54) is 16.0 Å². The quantitative estimate of drug-likeness (QED) is 0.661. The lowest BCUT2D eigenvalue weighted by molar-refractivity contribution is 1.16. The maximum atomic E-state index is 5.85. The summed E-state index contributed by atoms with van der Waals surface area (Å²) >= 11 is 7.60. The average molecular weight is 212 g/mol. The smallest absolute Gasteiger partial charge is 0.129 e. The van der Waals surface area contributed by atoms with Crippen LogP contribution in [0.25, 0.3) is 4.91 Å². The van der Waals surface area contributed by atoms with Gasteiger partial charge in [0.2, 0.25) is 0 Å². The molecule has 0 bridgehead atoms. The molecule has 0 aliphatic heterocycles. The van der Waals surface area contributed by atoms with Crippen LogP contribution in [0.1, 0.15) is 18.2 Å². The molecule has 3 heteroatoms. The zero-order valence-electron chi connectivity index (χ0n) is 7.60. The summed E-state index contributed by atoms with van der Waals surface area (Å²) in [5.74, 6) is 0. The molecule has 1 heterocycles. The SMILES string of the molecule is CSC1=C(C)Cc2ccc(Cl)nc21. The fourth-order valence-corrected chi connectivity index (χ4v) is 2.58. The van der Waals surface area contributed by atoms with Gasteiger partial charge in [-0.25, -0.2) is 4.98 Å². The van der Waals surface area contributed by atoms with Crippen molar-refractivity contribution in [2.75, 3.05) is 6.26 Å². The molecular weight excluding hydrogens is 202 g/mol. The van der Waals surface area contributed by atoms with Gasteiger partial charge < -0.3 is 0 Å². The van der Waals surface area contributed by atoms with Gasteiger partial charge in [-0.2, -0.15) is 0 Å². The van der Waals surface area contributed by atoms with Gasteiger partial charge in [-0.3, -0.25) is 0 Å². The molecule has 13 heavy (non-hydrogen) atoms. The van der Waals surface area contributed by atoms with Crippen molar-refractivity contribution in [3.05, 3.63) is 34.1 Å². The van der Waals surface area contributed by atoms with E-state index in [9.17, 15) is 0 Å². The number of hydrogen-bond acceptors (Lipinski definition) is 2. The molecule has 1 aromatic heterocycles. The fourth-order valence-electron chi connectivity index (χ4n) is 1.64. The first kappa shape index (κ1) is 9.10. The number of aromatic nitrogens is 1. The molecule has 0 N–H and O–H groups in total. The molecular formula is C10H10ClNS. The molecule has 0 radical (unpaired) electrons. The van der Waals surface area contributed by atoms with E-state index in [0.717, 1.165) is 12.1 Å². The van der Waals surface area contributed by atoms with Crippen LogP contribution in [0.15, 0.2) is 17.7 Å². The van der Waals surface area contributed by atoms with Crippen LogP contribution in [0.5, 0.6) is 0 Å². The van der Waals surface area contributed by atoms with Crippen LogP contribution in [-0.2, 0) is 6.42 Å². The number of thioether (sulfide) groups is 1. The average Bonchev–Trinajstić information content (AvgIpc) is 2.40. The molecule has 0 fully saturated rings. The summed E-state index contributed by atoms with van der Waals surface area (Å²) in [6, 6.07) is 3.92. The van der Waals surface area contributed by atoms with Gasteiger partial charge in [-0.15, -0.1) is 11.8 Å². The Morgan fingerprint density at radius 3 is 2.92 bits per heavy atom. The molecule has 2 rings (SSSR count). The van der Waals surface area contributed by atoms with Gasteiger partial charge in [0.05, 0.1) is 5.69 Å². The van der Waals surface area contributed by atoms with Gasteiger partial charge in [-0.1, -0.05) is 23.2 Å². The molecule has 0 amide bonds.